The van der Waals surface area contributed by atoms with Crippen molar-refractivity contribution in [3.8, 4) is 17.1 Å². The standard InChI is InChI=1S/C19H18N2O4/c1-23-14-5-2-4-13(10-14)16-11-17(21-25-16)19(7-8-19)18(22)20-12-15-6-3-9-24-15/h2-6,9-11H,7-8,12H2,1H3,(H,20,22). The van der Waals surface area contributed by atoms with Gasteiger partial charge in [-0.25, -0.2) is 0 Å². The Kier molecular flexibility index (Phi) is 3.80. The number of carbonyl (C=O) groups excluding carboxylic acids is 1. The van der Waals surface area contributed by atoms with E-state index in [1.807, 2.05) is 36.4 Å². The second-order valence-corrected chi connectivity index (χ2v) is 6.15. The van der Waals surface area contributed by atoms with Crippen molar-refractivity contribution < 1.29 is 18.5 Å². The van der Waals surface area contributed by atoms with Gasteiger partial charge in [0.05, 0.1) is 31.0 Å². The second-order valence-electron chi connectivity index (χ2n) is 6.15. The summed E-state index contributed by atoms with van der Waals surface area (Å²) in [6.07, 6.45) is 3.12. The third kappa shape index (κ3) is 2.91. The molecule has 1 fully saturated rings. The highest BCUT2D eigenvalue weighted by Gasteiger charge is 2.53. The lowest BCUT2D eigenvalue weighted by Crippen LogP contribution is -2.34. The first-order valence-corrected chi connectivity index (χ1v) is 8.13. The van der Waals surface area contributed by atoms with Crippen LogP contribution in [0.3, 0.4) is 0 Å². The van der Waals surface area contributed by atoms with E-state index in [0.29, 0.717) is 18.0 Å². The Morgan fingerprint density at radius 2 is 2.16 bits per heavy atom. The van der Waals surface area contributed by atoms with Crippen molar-refractivity contribution in [1.29, 1.82) is 0 Å². The van der Waals surface area contributed by atoms with Crippen molar-refractivity contribution >= 4 is 5.91 Å². The fourth-order valence-corrected chi connectivity index (χ4v) is 2.89. The van der Waals surface area contributed by atoms with Gasteiger partial charge in [0.15, 0.2) is 5.76 Å². The Bertz CT molecular complexity index is 878. The molecule has 0 radical (unpaired) electrons. The number of aromatic nitrogens is 1. The lowest BCUT2D eigenvalue weighted by atomic mass is 10.0. The Hall–Kier alpha value is -3.02. The van der Waals surface area contributed by atoms with Gasteiger partial charge in [-0.3, -0.25) is 4.79 Å². The number of rotatable bonds is 6. The molecule has 0 aliphatic heterocycles. The van der Waals surface area contributed by atoms with Gasteiger partial charge in [-0.2, -0.15) is 0 Å². The minimum Gasteiger partial charge on any atom is -0.497 e. The molecule has 3 aromatic rings. The fourth-order valence-electron chi connectivity index (χ4n) is 2.89. The van der Waals surface area contributed by atoms with Crippen molar-refractivity contribution in [1.82, 2.24) is 10.5 Å². The summed E-state index contributed by atoms with van der Waals surface area (Å²) in [6.45, 7) is 0.369. The summed E-state index contributed by atoms with van der Waals surface area (Å²) < 4.78 is 16.0. The molecule has 4 rings (SSSR count). The molecule has 6 heteroatoms. The topological polar surface area (TPSA) is 77.5 Å². The number of methoxy groups -OCH3 is 1. The summed E-state index contributed by atoms with van der Waals surface area (Å²) in [6, 6.07) is 13.0. The van der Waals surface area contributed by atoms with Crippen LogP contribution in [0.2, 0.25) is 0 Å². The van der Waals surface area contributed by atoms with Crippen molar-refractivity contribution in [3.05, 3.63) is 60.2 Å². The number of nitrogens with one attached hydrogen (secondary N) is 1. The Morgan fingerprint density at radius 3 is 2.88 bits per heavy atom. The van der Waals surface area contributed by atoms with Crippen LogP contribution in [0.4, 0.5) is 0 Å². The van der Waals surface area contributed by atoms with Gasteiger partial charge >= 0.3 is 0 Å². The largest absolute Gasteiger partial charge is 0.497 e. The monoisotopic (exact) mass is 338 g/mol. The Labute approximate surface area is 144 Å². The first-order valence-electron chi connectivity index (χ1n) is 8.13. The molecule has 1 aromatic carbocycles. The second kappa shape index (κ2) is 6.12. The van der Waals surface area contributed by atoms with Crippen molar-refractivity contribution in [2.24, 2.45) is 0 Å². The summed E-state index contributed by atoms with van der Waals surface area (Å²) in [4.78, 5) is 12.6. The predicted octanol–water partition coefficient (Wildman–Crippen LogP) is 3.29. The number of carbonyl (C=O) groups is 1. The number of ether oxygens (including phenoxy) is 1. The first-order chi connectivity index (χ1) is 12.2. The van der Waals surface area contributed by atoms with E-state index in [1.165, 1.54) is 0 Å². The van der Waals surface area contributed by atoms with Gasteiger partial charge in [0.1, 0.15) is 11.5 Å². The number of nitrogens with zero attached hydrogens (tertiary/aromatic N) is 1. The molecular weight excluding hydrogens is 320 g/mol. The molecule has 2 aromatic heterocycles. The van der Waals surface area contributed by atoms with Gasteiger partial charge in [-0.15, -0.1) is 0 Å². The molecular formula is C19H18N2O4. The van der Waals surface area contributed by atoms with E-state index < -0.39 is 5.41 Å². The zero-order valence-corrected chi connectivity index (χ0v) is 13.8. The average Bonchev–Trinajstić information content (AvgIpc) is 3.08. The van der Waals surface area contributed by atoms with E-state index in [9.17, 15) is 4.79 Å². The van der Waals surface area contributed by atoms with Gasteiger partial charge in [0.25, 0.3) is 0 Å². The summed E-state index contributed by atoms with van der Waals surface area (Å²) in [5, 5.41) is 7.07. The van der Waals surface area contributed by atoms with Crippen molar-refractivity contribution in [3.63, 3.8) is 0 Å². The summed E-state index contributed by atoms with van der Waals surface area (Å²) in [5.41, 5.74) is 0.944. The maximum Gasteiger partial charge on any atom is 0.232 e. The third-order valence-corrected chi connectivity index (χ3v) is 4.54. The highest BCUT2D eigenvalue weighted by molar-refractivity contribution is 5.90. The van der Waals surface area contributed by atoms with Crippen LogP contribution in [0.5, 0.6) is 5.75 Å². The minimum absolute atomic E-state index is 0.0469. The van der Waals surface area contributed by atoms with Crippen LogP contribution in [0, 0.1) is 0 Å². The average molecular weight is 338 g/mol. The molecule has 0 spiro atoms. The molecule has 0 unspecified atom stereocenters. The maximum atomic E-state index is 12.6. The molecule has 0 saturated heterocycles. The molecule has 2 heterocycles. The third-order valence-electron chi connectivity index (χ3n) is 4.54. The molecule has 1 N–H and O–H groups in total. The number of hydrogen-bond donors (Lipinski definition) is 1. The van der Waals surface area contributed by atoms with Crippen LogP contribution in [0.25, 0.3) is 11.3 Å². The summed E-state index contributed by atoms with van der Waals surface area (Å²) in [7, 11) is 1.62. The lowest BCUT2D eigenvalue weighted by molar-refractivity contribution is -0.124. The molecule has 25 heavy (non-hydrogen) atoms. The van der Waals surface area contributed by atoms with Gasteiger partial charge in [-0.1, -0.05) is 17.3 Å². The van der Waals surface area contributed by atoms with Crippen LogP contribution in [-0.4, -0.2) is 18.2 Å². The van der Waals surface area contributed by atoms with Crippen LogP contribution in [0.15, 0.2) is 57.7 Å². The molecule has 0 bridgehead atoms. The molecule has 1 amide bonds. The minimum atomic E-state index is -0.590. The van der Waals surface area contributed by atoms with Crippen LogP contribution in [0.1, 0.15) is 24.3 Å². The van der Waals surface area contributed by atoms with E-state index in [0.717, 1.165) is 29.9 Å². The molecule has 0 atom stereocenters. The normalized spacial score (nSPS) is 14.9. The fraction of sp³-hybridized carbons (Fsp3) is 0.263. The van der Waals surface area contributed by atoms with E-state index in [-0.39, 0.29) is 5.91 Å². The molecule has 6 nitrogen and oxygen atoms in total. The van der Waals surface area contributed by atoms with E-state index in [4.69, 9.17) is 13.7 Å². The zero-order valence-electron chi connectivity index (χ0n) is 13.8. The van der Waals surface area contributed by atoms with Gasteiger partial charge < -0.3 is 19.0 Å². The number of furan rings is 1. The number of amides is 1. The Morgan fingerprint density at radius 1 is 1.28 bits per heavy atom. The van der Waals surface area contributed by atoms with E-state index in [2.05, 4.69) is 10.5 Å². The molecule has 1 aliphatic rings. The van der Waals surface area contributed by atoms with E-state index in [1.54, 1.807) is 19.4 Å². The molecule has 1 aliphatic carbocycles. The highest BCUT2D eigenvalue weighted by atomic mass is 16.5. The predicted molar refractivity (Wildman–Crippen MR) is 90.0 cm³/mol. The Balaban J connectivity index is 1.51. The quantitative estimate of drug-likeness (QED) is 0.746. The molecule has 128 valence electrons. The van der Waals surface area contributed by atoms with Crippen molar-refractivity contribution in [2.45, 2.75) is 24.8 Å². The smallest absolute Gasteiger partial charge is 0.232 e. The maximum absolute atomic E-state index is 12.6. The molecule has 1 saturated carbocycles. The SMILES string of the molecule is COc1cccc(-c2cc(C3(C(=O)NCc4ccco4)CC3)no2)c1. The van der Waals surface area contributed by atoms with Crippen molar-refractivity contribution in [2.75, 3.05) is 7.11 Å². The highest BCUT2D eigenvalue weighted by Crippen LogP contribution is 2.48. The number of hydrogen-bond acceptors (Lipinski definition) is 5. The number of benzene rings is 1. The summed E-state index contributed by atoms with van der Waals surface area (Å²) >= 11 is 0. The van der Waals surface area contributed by atoms with Gasteiger partial charge in [0.2, 0.25) is 5.91 Å². The zero-order chi connectivity index (χ0) is 17.3. The lowest BCUT2D eigenvalue weighted by Gasteiger charge is -2.11. The summed E-state index contributed by atoms with van der Waals surface area (Å²) in [5.74, 6) is 2.04. The first kappa shape index (κ1) is 15.5. The van der Waals surface area contributed by atoms with Crippen LogP contribution >= 0.6 is 0 Å². The van der Waals surface area contributed by atoms with Gasteiger partial charge in [0, 0.05) is 11.6 Å². The van der Waals surface area contributed by atoms with E-state index >= 15 is 0 Å². The van der Waals surface area contributed by atoms with Crippen LogP contribution in [-0.2, 0) is 16.8 Å². The van der Waals surface area contributed by atoms with Gasteiger partial charge in [-0.05, 0) is 37.1 Å². The van der Waals surface area contributed by atoms with Crippen LogP contribution < -0.4 is 10.1 Å².